The van der Waals surface area contributed by atoms with Gasteiger partial charge in [0, 0.05) is 26.3 Å². The highest BCUT2D eigenvalue weighted by atomic mass is 16.3. The second kappa shape index (κ2) is 5.40. The lowest BCUT2D eigenvalue weighted by molar-refractivity contribution is 0.0368. The number of amides is 1. The van der Waals surface area contributed by atoms with Crippen LogP contribution in [0.1, 0.15) is 29.8 Å². The molecule has 0 saturated heterocycles. The van der Waals surface area contributed by atoms with Gasteiger partial charge in [-0.3, -0.25) is 4.79 Å². The first-order valence-corrected chi connectivity index (χ1v) is 6.01. The van der Waals surface area contributed by atoms with Gasteiger partial charge in [0.15, 0.2) is 0 Å². The highest BCUT2D eigenvalue weighted by Gasteiger charge is 2.21. The number of rotatable bonds is 4. The van der Waals surface area contributed by atoms with E-state index in [1.165, 1.54) is 4.90 Å². The molecule has 0 aliphatic heterocycles. The highest BCUT2D eigenvalue weighted by molar-refractivity contribution is 5.99. The first kappa shape index (κ1) is 14.5. The van der Waals surface area contributed by atoms with Crippen LogP contribution in [0.15, 0.2) is 18.2 Å². The molecule has 18 heavy (non-hydrogen) atoms. The standard InChI is InChI=1S/C14H22N2O2/c1-10-6-7-11(12(8-10)15-4)13(17)16(5)9-14(2,3)18/h6-8,15,18H,9H2,1-5H3. The van der Waals surface area contributed by atoms with E-state index in [1.54, 1.807) is 27.9 Å². The average molecular weight is 250 g/mol. The van der Waals surface area contributed by atoms with Crippen LogP contribution in [0.4, 0.5) is 5.69 Å². The molecule has 0 atom stereocenters. The van der Waals surface area contributed by atoms with Crippen molar-refractivity contribution in [1.29, 1.82) is 0 Å². The summed E-state index contributed by atoms with van der Waals surface area (Å²) in [5.41, 5.74) is 1.63. The number of aryl methyl sites for hydroxylation is 1. The SMILES string of the molecule is CNc1cc(C)ccc1C(=O)N(C)CC(C)(C)O. The summed E-state index contributed by atoms with van der Waals surface area (Å²) in [4.78, 5) is 13.8. The zero-order chi connectivity index (χ0) is 13.9. The zero-order valence-corrected chi connectivity index (χ0v) is 11.7. The minimum absolute atomic E-state index is 0.0959. The molecule has 0 fully saturated rings. The third-order valence-corrected chi connectivity index (χ3v) is 2.65. The zero-order valence-electron chi connectivity index (χ0n) is 11.7. The number of aliphatic hydroxyl groups is 1. The molecule has 0 radical (unpaired) electrons. The van der Waals surface area contributed by atoms with Crippen molar-refractivity contribution in [2.24, 2.45) is 0 Å². The number of likely N-dealkylation sites (N-methyl/N-ethyl adjacent to an activating group) is 1. The van der Waals surface area contributed by atoms with Gasteiger partial charge in [0.05, 0.1) is 11.2 Å². The highest BCUT2D eigenvalue weighted by Crippen LogP contribution is 2.19. The number of nitrogens with one attached hydrogen (secondary N) is 1. The van der Waals surface area contributed by atoms with Crippen LogP contribution in [0.5, 0.6) is 0 Å². The van der Waals surface area contributed by atoms with Crippen LogP contribution in [0.3, 0.4) is 0 Å². The van der Waals surface area contributed by atoms with Crippen molar-refractivity contribution < 1.29 is 9.90 Å². The number of anilines is 1. The predicted octanol–water partition coefficient (Wildman–Crippen LogP) is 1.88. The van der Waals surface area contributed by atoms with E-state index >= 15 is 0 Å². The topological polar surface area (TPSA) is 52.6 Å². The number of nitrogens with zero attached hydrogens (tertiary/aromatic N) is 1. The monoisotopic (exact) mass is 250 g/mol. The third kappa shape index (κ3) is 3.74. The van der Waals surface area contributed by atoms with Gasteiger partial charge in [-0.1, -0.05) is 6.07 Å². The van der Waals surface area contributed by atoms with Gasteiger partial charge in [-0.2, -0.15) is 0 Å². The lowest BCUT2D eigenvalue weighted by Gasteiger charge is -2.26. The van der Waals surface area contributed by atoms with Crippen molar-refractivity contribution >= 4 is 11.6 Å². The van der Waals surface area contributed by atoms with E-state index in [4.69, 9.17) is 0 Å². The maximum atomic E-state index is 12.3. The van der Waals surface area contributed by atoms with E-state index in [0.29, 0.717) is 12.1 Å². The van der Waals surface area contributed by atoms with E-state index < -0.39 is 5.60 Å². The molecule has 1 amide bonds. The molecule has 0 bridgehead atoms. The minimum Gasteiger partial charge on any atom is -0.389 e. The Balaban J connectivity index is 2.96. The molecule has 0 unspecified atom stereocenters. The second-order valence-corrected chi connectivity index (χ2v) is 5.27. The van der Waals surface area contributed by atoms with Crippen LogP contribution < -0.4 is 5.32 Å². The molecule has 0 heterocycles. The van der Waals surface area contributed by atoms with Crippen molar-refractivity contribution in [1.82, 2.24) is 4.90 Å². The summed E-state index contributed by atoms with van der Waals surface area (Å²) in [5.74, 6) is -0.0959. The fourth-order valence-corrected chi connectivity index (χ4v) is 1.91. The Kier molecular flexibility index (Phi) is 4.35. The Morgan fingerprint density at radius 1 is 1.44 bits per heavy atom. The first-order chi connectivity index (χ1) is 8.24. The van der Waals surface area contributed by atoms with Crippen molar-refractivity contribution in [3.05, 3.63) is 29.3 Å². The molecule has 0 aliphatic rings. The fourth-order valence-electron chi connectivity index (χ4n) is 1.91. The molecule has 0 spiro atoms. The molecule has 0 aliphatic carbocycles. The second-order valence-electron chi connectivity index (χ2n) is 5.27. The Labute approximate surface area is 109 Å². The Morgan fingerprint density at radius 3 is 2.56 bits per heavy atom. The molecule has 2 N–H and O–H groups in total. The van der Waals surface area contributed by atoms with Gasteiger partial charge in [0.1, 0.15) is 0 Å². The van der Waals surface area contributed by atoms with Crippen LogP contribution in [-0.4, -0.2) is 42.2 Å². The minimum atomic E-state index is -0.894. The summed E-state index contributed by atoms with van der Waals surface area (Å²) in [6, 6.07) is 5.65. The number of carbonyl (C=O) groups is 1. The molecule has 100 valence electrons. The number of benzene rings is 1. The van der Waals surface area contributed by atoms with Crippen LogP contribution in [0.2, 0.25) is 0 Å². The van der Waals surface area contributed by atoms with Crippen LogP contribution >= 0.6 is 0 Å². The molecule has 4 heteroatoms. The molecular weight excluding hydrogens is 228 g/mol. The summed E-state index contributed by atoms with van der Waals surface area (Å²) >= 11 is 0. The van der Waals surface area contributed by atoms with Crippen molar-refractivity contribution in [2.75, 3.05) is 26.0 Å². The van der Waals surface area contributed by atoms with Gasteiger partial charge in [0.25, 0.3) is 5.91 Å². The van der Waals surface area contributed by atoms with Gasteiger partial charge in [0.2, 0.25) is 0 Å². The van der Waals surface area contributed by atoms with Gasteiger partial charge in [-0.25, -0.2) is 0 Å². The van der Waals surface area contributed by atoms with Gasteiger partial charge in [-0.05, 0) is 38.5 Å². The van der Waals surface area contributed by atoms with Gasteiger partial charge in [-0.15, -0.1) is 0 Å². The van der Waals surface area contributed by atoms with Gasteiger partial charge < -0.3 is 15.3 Å². The molecule has 0 aromatic heterocycles. The quantitative estimate of drug-likeness (QED) is 0.858. The van der Waals surface area contributed by atoms with Crippen molar-refractivity contribution in [3.63, 3.8) is 0 Å². The van der Waals surface area contributed by atoms with Gasteiger partial charge >= 0.3 is 0 Å². The predicted molar refractivity (Wildman–Crippen MR) is 74.0 cm³/mol. The van der Waals surface area contributed by atoms with Crippen LogP contribution in [0, 0.1) is 6.92 Å². The smallest absolute Gasteiger partial charge is 0.255 e. The van der Waals surface area contributed by atoms with Crippen molar-refractivity contribution in [3.8, 4) is 0 Å². The number of hydrogen-bond donors (Lipinski definition) is 2. The summed E-state index contributed by atoms with van der Waals surface area (Å²) in [6.45, 7) is 5.65. The van der Waals surface area contributed by atoms with E-state index in [9.17, 15) is 9.90 Å². The van der Waals surface area contributed by atoms with E-state index in [-0.39, 0.29) is 5.91 Å². The average Bonchev–Trinajstić information content (AvgIpc) is 2.25. The maximum absolute atomic E-state index is 12.3. The molecule has 1 aromatic rings. The van der Waals surface area contributed by atoms with E-state index in [1.807, 2.05) is 25.1 Å². The molecule has 0 saturated carbocycles. The Hall–Kier alpha value is -1.55. The van der Waals surface area contributed by atoms with E-state index in [2.05, 4.69) is 5.32 Å². The molecular formula is C14H22N2O2. The molecule has 1 aromatic carbocycles. The Morgan fingerprint density at radius 2 is 2.06 bits per heavy atom. The summed E-state index contributed by atoms with van der Waals surface area (Å²) < 4.78 is 0. The summed E-state index contributed by atoms with van der Waals surface area (Å²) in [7, 11) is 3.49. The van der Waals surface area contributed by atoms with Crippen molar-refractivity contribution in [2.45, 2.75) is 26.4 Å². The molecule has 4 nitrogen and oxygen atoms in total. The number of carbonyl (C=O) groups excluding carboxylic acids is 1. The summed E-state index contributed by atoms with van der Waals surface area (Å²) in [6.07, 6.45) is 0. The van der Waals surface area contributed by atoms with E-state index in [0.717, 1.165) is 11.3 Å². The molecule has 1 rings (SSSR count). The maximum Gasteiger partial charge on any atom is 0.255 e. The fraction of sp³-hybridized carbons (Fsp3) is 0.500. The van der Waals surface area contributed by atoms with Crippen LogP contribution in [0.25, 0.3) is 0 Å². The lowest BCUT2D eigenvalue weighted by Crippen LogP contribution is -2.39. The lowest BCUT2D eigenvalue weighted by atomic mass is 10.1. The third-order valence-electron chi connectivity index (χ3n) is 2.65. The number of hydrogen-bond acceptors (Lipinski definition) is 3. The van der Waals surface area contributed by atoms with Crippen LogP contribution in [-0.2, 0) is 0 Å². The largest absolute Gasteiger partial charge is 0.389 e. The summed E-state index contributed by atoms with van der Waals surface area (Å²) in [5, 5.41) is 12.8. The Bertz CT molecular complexity index is 436. The normalized spacial score (nSPS) is 11.2. The first-order valence-electron chi connectivity index (χ1n) is 6.01.